The predicted molar refractivity (Wildman–Crippen MR) is 97.1 cm³/mol. The van der Waals surface area contributed by atoms with E-state index in [9.17, 15) is 4.39 Å². The molecule has 0 bridgehead atoms. The maximum atomic E-state index is 13.2. The summed E-state index contributed by atoms with van der Waals surface area (Å²) in [6.45, 7) is 3.61. The number of halogens is 1. The van der Waals surface area contributed by atoms with Crippen molar-refractivity contribution in [3.8, 4) is 0 Å². The van der Waals surface area contributed by atoms with Gasteiger partial charge in [0.25, 0.3) is 0 Å². The standard InChI is InChI=1S/C20H26FN3O/c1-19(11-12-25-13-19)24-18-20(22,15-3-2-4-15)10-9-17(23-18)14-5-7-16(21)8-6-14/h5-10,15,18,24H,2-4,11-13,22H2,1H3. The Kier molecular flexibility index (Phi) is 4.26. The molecule has 4 nitrogen and oxygen atoms in total. The quantitative estimate of drug-likeness (QED) is 0.884. The van der Waals surface area contributed by atoms with Crippen LogP contribution in [0, 0.1) is 11.7 Å². The highest BCUT2D eigenvalue weighted by atomic mass is 19.1. The van der Waals surface area contributed by atoms with Gasteiger partial charge in [-0.2, -0.15) is 0 Å². The first-order valence-electron chi connectivity index (χ1n) is 9.16. The van der Waals surface area contributed by atoms with Crippen LogP contribution < -0.4 is 11.1 Å². The van der Waals surface area contributed by atoms with E-state index in [0.29, 0.717) is 12.5 Å². The van der Waals surface area contributed by atoms with Gasteiger partial charge in [-0.05, 0) is 68.0 Å². The fourth-order valence-electron chi connectivity index (χ4n) is 3.94. The van der Waals surface area contributed by atoms with Crippen LogP contribution in [0.25, 0.3) is 0 Å². The maximum absolute atomic E-state index is 13.2. The lowest BCUT2D eigenvalue weighted by Crippen LogP contribution is -2.66. The number of hydrogen-bond donors (Lipinski definition) is 2. The summed E-state index contributed by atoms with van der Waals surface area (Å²) in [6.07, 6.45) is 8.39. The highest BCUT2D eigenvalue weighted by Gasteiger charge is 2.47. The van der Waals surface area contributed by atoms with E-state index in [0.717, 1.165) is 37.1 Å². The number of rotatable bonds is 4. The Morgan fingerprint density at radius 3 is 2.64 bits per heavy atom. The molecule has 2 heterocycles. The Morgan fingerprint density at radius 1 is 1.28 bits per heavy atom. The van der Waals surface area contributed by atoms with Crippen LogP contribution in [0.15, 0.2) is 41.4 Å². The smallest absolute Gasteiger partial charge is 0.123 e. The van der Waals surface area contributed by atoms with Crippen LogP contribution >= 0.6 is 0 Å². The monoisotopic (exact) mass is 343 g/mol. The Bertz CT molecular complexity index is 689. The number of allylic oxidation sites excluding steroid dienone is 1. The summed E-state index contributed by atoms with van der Waals surface area (Å²) in [4.78, 5) is 4.96. The van der Waals surface area contributed by atoms with E-state index in [-0.39, 0.29) is 17.5 Å². The molecule has 0 spiro atoms. The van der Waals surface area contributed by atoms with Crippen LogP contribution in [0.2, 0.25) is 0 Å². The molecular formula is C20H26FN3O. The van der Waals surface area contributed by atoms with E-state index in [2.05, 4.69) is 18.3 Å². The molecule has 3 unspecified atom stereocenters. The molecule has 2 fully saturated rings. The number of nitrogens with two attached hydrogens (primary N) is 1. The molecule has 3 atom stereocenters. The Hall–Kier alpha value is -1.56. The number of aliphatic imine (C=N–C) groups is 1. The van der Waals surface area contributed by atoms with Crippen LogP contribution in [0.4, 0.5) is 4.39 Å². The van der Waals surface area contributed by atoms with Crippen molar-refractivity contribution < 1.29 is 9.13 Å². The summed E-state index contributed by atoms with van der Waals surface area (Å²) < 4.78 is 18.8. The van der Waals surface area contributed by atoms with Crippen molar-refractivity contribution >= 4 is 5.71 Å². The van der Waals surface area contributed by atoms with Crippen molar-refractivity contribution in [1.29, 1.82) is 0 Å². The summed E-state index contributed by atoms with van der Waals surface area (Å²) >= 11 is 0. The second-order valence-corrected chi connectivity index (χ2v) is 7.89. The van der Waals surface area contributed by atoms with Crippen molar-refractivity contribution in [2.45, 2.75) is 49.9 Å². The van der Waals surface area contributed by atoms with E-state index >= 15 is 0 Å². The van der Waals surface area contributed by atoms with Gasteiger partial charge in [0.2, 0.25) is 0 Å². The first-order valence-corrected chi connectivity index (χ1v) is 9.16. The van der Waals surface area contributed by atoms with Crippen LogP contribution in [0.1, 0.15) is 38.2 Å². The first kappa shape index (κ1) is 16.9. The predicted octanol–water partition coefficient (Wildman–Crippen LogP) is 2.78. The molecule has 1 saturated heterocycles. The topological polar surface area (TPSA) is 59.6 Å². The third kappa shape index (κ3) is 3.16. The number of dihydropyridines is 1. The zero-order valence-corrected chi connectivity index (χ0v) is 14.7. The first-order chi connectivity index (χ1) is 12.0. The molecule has 2 aliphatic heterocycles. The zero-order chi connectivity index (χ0) is 17.5. The van der Waals surface area contributed by atoms with Crippen LogP contribution in [-0.2, 0) is 4.74 Å². The van der Waals surface area contributed by atoms with Gasteiger partial charge in [-0.15, -0.1) is 0 Å². The Morgan fingerprint density at radius 2 is 2.04 bits per heavy atom. The Balaban J connectivity index is 1.65. The van der Waals surface area contributed by atoms with Crippen molar-refractivity contribution in [2.75, 3.05) is 13.2 Å². The summed E-state index contributed by atoms with van der Waals surface area (Å²) in [5.74, 6) is 0.211. The van der Waals surface area contributed by atoms with Crippen LogP contribution in [0.3, 0.4) is 0 Å². The summed E-state index contributed by atoms with van der Waals surface area (Å²) in [6, 6.07) is 6.47. The number of nitrogens with zero attached hydrogens (tertiary/aromatic N) is 1. The second-order valence-electron chi connectivity index (χ2n) is 7.89. The molecule has 0 radical (unpaired) electrons. The van der Waals surface area contributed by atoms with Gasteiger partial charge in [-0.3, -0.25) is 10.3 Å². The van der Waals surface area contributed by atoms with Crippen LogP contribution in [-0.4, -0.2) is 36.2 Å². The van der Waals surface area contributed by atoms with Crippen LogP contribution in [0.5, 0.6) is 0 Å². The summed E-state index contributed by atoms with van der Waals surface area (Å²) in [7, 11) is 0. The van der Waals surface area contributed by atoms with E-state index < -0.39 is 5.54 Å². The van der Waals surface area contributed by atoms with Crippen molar-refractivity contribution in [3.63, 3.8) is 0 Å². The Labute approximate surface area is 148 Å². The SMILES string of the molecule is CC1(NC2N=C(c3ccc(F)cc3)C=CC2(N)C2CCC2)CCOC1. The number of hydrogen-bond acceptors (Lipinski definition) is 4. The fourth-order valence-corrected chi connectivity index (χ4v) is 3.94. The summed E-state index contributed by atoms with van der Waals surface area (Å²) in [5, 5.41) is 3.68. The molecule has 134 valence electrons. The molecule has 1 saturated carbocycles. The minimum atomic E-state index is -0.479. The number of nitrogens with one attached hydrogen (secondary N) is 1. The minimum Gasteiger partial charge on any atom is -0.379 e. The van der Waals surface area contributed by atoms with Gasteiger partial charge < -0.3 is 10.5 Å². The third-order valence-corrected chi connectivity index (χ3v) is 5.93. The van der Waals surface area contributed by atoms with Gasteiger partial charge in [-0.1, -0.05) is 12.5 Å². The van der Waals surface area contributed by atoms with Crippen molar-refractivity contribution in [1.82, 2.24) is 5.32 Å². The van der Waals surface area contributed by atoms with Gasteiger partial charge in [0.1, 0.15) is 12.0 Å². The van der Waals surface area contributed by atoms with Gasteiger partial charge in [0, 0.05) is 12.1 Å². The van der Waals surface area contributed by atoms with E-state index in [1.165, 1.54) is 18.6 Å². The largest absolute Gasteiger partial charge is 0.379 e. The molecule has 0 amide bonds. The van der Waals surface area contributed by atoms with Crippen molar-refractivity contribution in [3.05, 3.63) is 47.8 Å². The molecule has 3 aliphatic rings. The molecule has 1 aromatic rings. The molecule has 1 aliphatic carbocycles. The maximum Gasteiger partial charge on any atom is 0.123 e. The van der Waals surface area contributed by atoms with Crippen molar-refractivity contribution in [2.24, 2.45) is 16.6 Å². The number of benzene rings is 1. The van der Waals surface area contributed by atoms with Gasteiger partial charge in [0.15, 0.2) is 0 Å². The lowest BCUT2D eigenvalue weighted by molar-refractivity contribution is 0.126. The minimum absolute atomic E-state index is 0.110. The van der Waals surface area contributed by atoms with E-state index in [1.807, 2.05) is 6.08 Å². The lowest BCUT2D eigenvalue weighted by atomic mass is 9.68. The van der Waals surface area contributed by atoms with Gasteiger partial charge >= 0.3 is 0 Å². The second kappa shape index (κ2) is 6.31. The molecule has 5 heteroatoms. The van der Waals surface area contributed by atoms with Gasteiger partial charge in [-0.25, -0.2) is 4.39 Å². The van der Waals surface area contributed by atoms with Gasteiger partial charge in [0.05, 0.1) is 17.9 Å². The number of ether oxygens (including phenoxy) is 1. The lowest BCUT2D eigenvalue weighted by Gasteiger charge is -2.48. The molecular weight excluding hydrogens is 317 g/mol. The molecule has 0 aromatic heterocycles. The average molecular weight is 343 g/mol. The molecule has 3 N–H and O–H groups in total. The van der Waals surface area contributed by atoms with E-state index in [4.69, 9.17) is 15.5 Å². The summed E-state index contributed by atoms with van der Waals surface area (Å²) in [5.41, 5.74) is 8.02. The molecule has 1 aromatic carbocycles. The highest BCUT2D eigenvalue weighted by Crippen LogP contribution is 2.40. The normalized spacial score (nSPS) is 35.5. The highest BCUT2D eigenvalue weighted by molar-refractivity contribution is 6.09. The zero-order valence-electron chi connectivity index (χ0n) is 14.7. The molecule has 4 rings (SSSR count). The third-order valence-electron chi connectivity index (χ3n) is 5.93. The average Bonchev–Trinajstić information content (AvgIpc) is 2.95. The molecule has 25 heavy (non-hydrogen) atoms. The fraction of sp³-hybridized carbons (Fsp3) is 0.550. The van der Waals surface area contributed by atoms with E-state index in [1.54, 1.807) is 12.1 Å².